The summed E-state index contributed by atoms with van der Waals surface area (Å²) in [4.78, 5) is 38.8. The number of rotatable bonds is 6. The molecule has 1 amide bonds. The largest absolute Gasteiger partial charge is 0.338 e. The average Bonchev–Trinajstić information content (AvgIpc) is 3.50. The molecule has 1 atom stereocenters. The summed E-state index contributed by atoms with van der Waals surface area (Å²) in [7, 11) is 0. The molecule has 36 heavy (non-hydrogen) atoms. The van der Waals surface area contributed by atoms with E-state index in [-0.39, 0.29) is 29.9 Å². The van der Waals surface area contributed by atoms with E-state index in [9.17, 15) is 14.0 Å². The fourth-order valence-corrected chi connectivity index (χ4v) is 5.99. The van der Waals surface area contributed by atoms with Crippen LogP contribution in [0.25, 0.3) is 16.5 Å². The van der Waals surface area contributed by atoms with Crippen LogP contribution in [0.3, 0.4) is 0 Å². The highest BCUT2D eigenvalue weighted by atomic mass is 32.1. The Labute approximate surface area is 213 Å². The fraction of sp³-hybridized carbons (Fsp3) is 0.407. The van der Waals surface area contributed by atoms with Crippen molar-refractivity contribution in [1.29, 1.82) is 0 Å². The Hall–Kier alpha value is -3.33. The number of thiazole rings is 1. The van der Waals surface area contributed by atoms with Gasteiger partial charge in [-0.2, -0.15) is 0 Å². The van der Waals surface area contributed by atoms with E-state index in [1.54, 1.807) is 42.2 Å². The standard InChI is InChI=1S/C27H30FN5O2S/c1-17(2)22-6-4-5-11-32(22)23(34)16-31-12-13-33-26(35)18(3)24(30-27(31)33)25-29-15-21(36-25)14-19-7-9-20(28)10-8-19/h7-10,12-13,15,17,22H,4-6,11,14,16H2,1-3H3. The molecule has 1 aliphatic rings. The molecular formula is C27H30FN5O2S. The number of hydrogen-bond acceptors (Lipinski definition) is 5. The number of fused-ring (bicyclic) bond motifs is 1. The molecule has 0 spiro atoms. The molecule has 0 radical (unpaired) electrons. The first kappa shape index (κ1) is 24.4. The smallest absolute Gasteiger partial charge is 0.262 e. The Balaban J connectivity index is 1.44. The summed E-state index contributed by atoms with van der Waals surface area (Å²) in [5, 5.41) is 0.652. The van der Waals surface area contributed by atoms with Crippen molar-refractivity contribution in [2.75, 3.05) is 6.54 Å². The first-order valence-electron chi connectivity index (χ1n) is 12.4. The summed E-state index contributed by atoms with van der Waals surface area (Å²) in [6, 6.07) is 6.65. The van der Waals surface area contributed by atoms with E-state index >= 15 is 0 Å². The average molecular weight is 508 g/mol. The Kier molecular flexibility index (Phi) is 6.75. The lowest BCUT2D eigenvalue weighted by Crippen LogP contribution is -2.47. The van der Waals surface area contributed by atoms with Gasteiger partial charge in [0, 0.05) is 48.0 Å². The lowest BCUT2D eigenvalue weighted by Gasteiger charge is -2.38. The van der Waals surface area contributed by atoms with Gasteiger partial charge in [-0.1, -0.05) is 26.0 Å². The second-order valence-electron chi connectivity index (χ2n) is 9.82. The molecule has 0 aliphatic carbocycles. The highest BCUT2D eigenvalue weighted by Gasteiger charge is 2.29. The number of carbonyl (C=O) groups is 1. The Bertz CT molecular complexity index is 1450. The van der Waals surface area contributed by atoms with Crippen molar-refractivity contribution in [3.63, 3.8) is 0 Å². The fourth-order valence-electron chi connectivity index (χ4n) is 4.99. The maximum Gasteiger partial charge on any atom is 0.262 e. The van der Waals surface area contributed by atoms with Crippen LogP contribution < -0.4 is 5.56 Å². The van der Waals surface area contributed by atoms with Gasteiger partial charge in [-0.25, -0.2) is 14.4 Å². The van der Waals surface area contributed by atoms with Crippen LogP contribution in [-0.2, 0) is 17.8 Å². The third-order valence-corrected chi connectivity index (χ3v) is 7.97. The maximum absolute atomic E-state index is 13.3. The number of benzene rings is 1. The number of amides is 1. The van der Waals surface area contributed by atoms with Gasteiger partial charge in [-0.05, 0) is 49.8 Å². The highest BCUT2D eigenvalue weighted by molar-refractivity contribution is 7.15. The zero-order valence-electron chi connectivity index (χ0n) is 20.8. The van der Waals surface area contributed by atoms with Crippen LogP contribution in [0.5, 0.6) is 0 Å². The number of nitrogens with zero attached hydrogens (tertiary/aromatic N) is 5. The van der Waals surface area contributed by atoms with Crippen molar-refractivity contribution < 1.29 is 9.18 Å². The summed E-state index contributed by atoms with van der Waals surface area (Å²) in [6.45, 7) is 6.99. The summed E-state index contributed by atoms with van der Waals surface area (Å²) in [5.74, 6) is 0.625. The molecule has 4 aromatic rings. The number of carbonyl (C=O) groups excluding carboxylic acids is 1. The molecule has 188 valence electrons. The molecular weight excluding hydrogens is 477 g/mol. The van der Waals surface area contributed by atoms with E-state index in [4.69, 9.17) is 4.98 Å². The van der Waals surface area contributed by atoms with Crippen LogP contribution in [0, 0.1) is 18.7 Å². The van der Waals surface area contributed by atoms with Gasteiger partial charge in [0.15, 0.2) is 0 Å². The van der Waals surface area contributed by atoms with Gasteiger partial charge in [0.1, 0.15) is 23.1 Å². The minimum atomic E-state index is -0.265. The Morgan fingerprint density at radius 1 is 1.19 bits per heavy atom. The van der Waals surface area contributed by atoms with Gasteiger partial charge in [-0.3, -0.25) is 14.0 Å². The Morgan fingerprint density at radius 2 is 1.97 bits per heavy atom. The lowest BCUT2D eigenvalue weighted by molar-refractivity contribution is -0.136. The molecule has 1 unspecified atom stereocenters. The van der Waals surface area contributed by atoms with Crippen LogP contribution in [0.1, 0.15) is 49.1 Å². The summed E-state index contributed by atoms with van der Waals surface area (Å²) >= 11 is 1.47. The maximum atomic E-state index is 13.3. The summed E-state index contributed by atoms with van der Waals surface area (Å²) < 4.78 is 16.5. The third kappa shape index (κ3) is 4.72. The van der Waals surface area contributed by atoms with Crippen molar-refractivity contribution in [1.82, 2.24) is 23.8 Å². The Morgan fingerprint density at radius 3 is 2.72 bits per heavy atom. The number of aromatic nitrogens is 4. The molecule has 4 heterocycles. The normalized spacial score (nSPS) is 16.2. The minimum absolute atomic E-state index is 0.0544. The molecule has 7 nitrogen and oxygen atoms in total. The molecule has 0 bridgehead atoms. The molecule has 1 fully saturated rings. The number of piperidine rings is 1. The van der Waals surface area contributed by atoms with Crippen molar-refractivity contribution in [3.05, 3.63) is 75.0 Å². The summed E-state index contributed by atoms with van der Waals surface area (Å²) in [5.41, 5.74) is 1.85. The van der Waals surface area contributed by atoms with E-state index < -0.39 is 0 Å². The number of hydrogen-bond donors (Lipinski definition) is 0. The van der Waals surface area contributed by atoms with Gasteiger partial charge in [0.2, 0.25) is 11.7 Å². The predicted octanol–water partition coefficient (Wildman–Crippen LogP) is 4.69. The molecule has 1 aliphatic heterocycles. The molecule has 3 aromatic heterocycles. The first-order valence-corrected chi connectivity index (χ1v) is 13.2. The van der Waals surface area contributed by atoms with E-state index in [0.717, 1.165) is 36.2 Å². The number of halogens is 1. The number of imidazole rings is 1. The molecule has 1 saturated heterocycles. The molecule has 1 aromatic carbocycles. The van der Waals surface area contributed by atoms with Crippen LogP contribution >= 0.6 is 11.3 Å². The number of likely N-dealkylation sites (tertiary alicyclic amines) is 1. The van der Waals surface area contributed by atoms with Crippen molar-refractivity contribution >= 4 is 23.0 Å². The quantitative estimate of drug-likeness (QED) is 0.379. The minimum Gasteiger partial charge on any atom is -0.338 e. The van der Waals surface area contributed by atoms with Crippen molar-refractivity contribution in [3.8, 4) is 10.7 Å². The molecule has 9 heteroatoms. The molecule has 5 rings (SSSR count). The monoisotopic (exact) mass is 507 g/mol. The molecule has 0 N–H and O–H groups in total. The third-order valence-electron chi connectivity index (χ3n) is 6.97. The van der Waals surface area contributed by atoms with Crippen molar-refractivity contribution in [2.45, 2.75) is 59.0 Å². The van der Waals surface area contributed by atoms with E-state index in [0.29, 0.717) is 34.4 Å². The SMILES string of the molecule is Cc1c(-c2ncc(Cc3ccc(F)cc3)s2)nc2n(CC(=O)N3CCCCC3C(C)C)ccn2c1=O. The highest BCUT2D eigenvalue weighted by Crippen LogP contribution is 2.28. The predicted molar refractivity (Wildman–Crippen MR) is 139 cm³/mol. The van der Waals surface area contributed by atoms with Gasteiger partial charge in [-0.15, -0.1) is 11.3 Å². The lowest BCUT2D eigenvalue weighted by atomic mass is 9.93. The van der Waals surface area contributed by atoms with Gasteiger partial charge in [0.25, 0.3) is 5.56 Å². The van der Waals surface area contributed by atoms with Gasteiger partial charge >= 0.3 is 0 Å². The van der Waals surface area contributed by atoms with Crippen LogP contribution in [0.2, 0.25) is 0 Å². The zero-order valence-corrected chi connectivity index (χ0v) is 21.6. The van der Waals surface area contributed by atoms with E-state index in [1.165, 1.54) is 27.9 Å². The first-order chi connectivity index (χ1) is 17.3. The molecule has 0 saturated carbocycles. The van der Waals surface area contributed by atoms with E-state index in [1.807, 2.05) is 4.90 Å². The second kappa shape index (κ2) is 9.97. The van der Waals surface area contributed by atoms with E-state index in [2.05, 4.69) is 18.8 Å². The van der Waals surface area contributed by atoms with Crippen LogP contribution in [-0.4, -0.2) is 42.3 Å². The topological polar surface area (TPSA) is 72.5 Å². The van der Waals surface area contributed by atoms with Crippen molar-refractivity contribution in [2.24, 2.45) is 5.92 Å². The second-order valence-corrected chi connectivity index (χ2v) is 10.9. The van der Waals surface area contributed by atoms with Gasteiger partial charge < -0.3 is 9.47 Å². The zero-order chi connectivity index (χ0) is 25.4. The van der Waals surface area contributed by atoms with Crippen LogP contribution in [0.15, 0.2) is 47.7 Å². The van der Waals surface area contributed by atoms with Gasteiger partial charge in [0.05, 0.1) is 0 Å². The summed E-state index contributed by atoms with van der Waals surface area (Å²) in [6.07, 6.45) is 9.02. The van der Waals surface area contributed by atoms with Crippen LogP contribution in [0.4, 0.5) is 4.39 Å².